The molecule has 1 aromatic rings. The van der Waals surface area contributed by atoms with E-state index >= 15 is 0 Å². The smallest absolute Gasteiger partial charge is 0.152 e. The Morgan fingerprint density at radius 3 is 2.37 bits per heavy atom. The Labute approximate surface area is 122 Å². The maximum absolute atomic E-state index is 10.1. The van der Waals surface area contributed by atoms with Gasteiger partial charge in [-0.1, -0.05) is 23.2 Å². The second-order valence-corrected chi connectivity index (χ2v) is 5.54. The summed E-state index contributed by atoms with van der Waals surface area (Å²) in [5.74, 6) is -0.138. The number of hydrogen-bond acceptors (Lipinski definition) is 4. The van der Waals surface area contributed by atoms with Crippen molar-refractivity contribution in [3.05, 3.63) is 27.7 Å². The van der Waals surface area contributed by atoms with Crippen LogP contribution in [-0.4, -0.2) is 47.8 Å². The fourth-order valence-electron chi connectivity index (χ4n) is 2.18. The van der Waals surface area contributed by atoms with Crippen molar-refractivity contribution in [2.75, 3.05) is 32.7 Å². The molecule has 2 rings (SSSR count). The SMILES string of the molecule is Oc1c(Cl)cc(C(O)CCN2CCNCC2)cc1Cl. The molecule has 0 bridgehead atoms. The van der Waals surface area contributed by atoms with Crippen molar-refractivity contribution in [1.82, 2.24) is 10.2 Å². The number of halogens is 2. The lowest BCUT2D eigenvalue weighted by Crippen LogP contribution is -2.44. The van der Waals surface area contributed by atoms with E-state index in [1.807, 2.05) is 0 Å². The summed E-state index contributed by atoms with van der Waals surface area (Å²) in [6, 6.07) is 3.12. The van der Waals surface area contributed by atoms with Gasteiger partial charge in [-0.2, -0.15) is 0 Å². The fourth-order valence-corrected chi connectivity index (χ4v) is 2.69. The second kappa shape index (κ2) is 6.77. The number of aliphatic hydroxyl groups excluding tert-OH is 1. The number of piperazine rings is 1. The standard InChI is InChI=1S/C13H18Cl2N2O2/c14-10-7-9(8-11(15)13(10)19)12(18)1-4-17-5-2-16-3-6-17/h7-8,12,16,18-19H,1-6H2. The fraction of sp³-hybridized carbons (Fsp3) is 0.538. The first-order valence-electron chi connectivity index (χ1n) is 6.37. The number of phenolic OH excluding ortho intramolecular Hbond substituents is 1. The quantitative estimate of drug-likeness (QED) is 0.797. The minimum atomic E-state index is -0.620. The van der Waals surface area contributed by atoms with Crippen molar-refractivity contribution < 1.29 is 10.2 Å². The molecule has 0 amide bonds. The summed E-state index contributed by atoms with van der Waals surface area (Å²) in [5, 5.41) is 23.3. The van der Waals surface area contributed by atoms with Crippen LogP contribution < -0.4 is 5.32 Å². The molecule has 0 spiro atoms. The van der Waals surface area contributed by atoms with Crippen molar-refractivity contribution in [3.8, 4) is 5.75 Å². The van der Waals surface area contributed by atoms with Gasteiger partial charge in [0.15, 0.2) is 5.75 Å². The highest BCUT2D eigenvalue weighted by Crippen LogP contribution is 2.35. The van der Waals surface area contributed by atoms with E-state index in [1.54, 1.807) is 12.1 Å². The van der Waals surface area contributed by atoms with Crippen LogP contribution in [0.4, 0.5) is 0 Å². The van der Waals surface area contributed by atoms with Gasteiger partial charge in [-0.3, -0.25) is 0 Å². The number of benzene rings is 1. The summed E-state index contributed by atoms with van der Waals surface area (Å²) < 4.78 is 0. The Balaban J connectivity index is 1.93. The number of nitrogens with one attached hydrogen (secondary N) is 1. The van der Waals surface area contributed by atoms with Crippen molar-refractivity contribution in [2.24, 2.45) is 0 Å². The lowest BCUT2D eigenvalue weighted by Gasteiger charge is -2.28. The average molecular weight is 305 g/mol. The highest BCUT2D eigenvalue weighted by molar-refractivity contribution is 6.37. The first-order chi connectivity index (χ1) is 9.08. The van der Waals surface area contributed by atoms with Crippen molar-refractivity contribution in [2.45, 2.75) is 12.5 Å². The molecule has 1 fully saturated rings. The molecule has 0 aliphatic carbocycles. The monoisotopic (exact) mass is 304 g/mol. The predicted octanol–water partition coefficient (Wildman–Crippen LogP) is 2.03. The third-order valence-corrected chi connectivity index (χ3v) is 3.93. The van der Waals surface area contributed by atoms with Crippen LogP contribution in [-0.2, 0) is 0 Å². The molecular weight excluding hydrogens is 287 g/mol. The van der Waals surface area contributed by atoms with Crippen LogP contribution in [0, 0.1) is 0 Å². The van der Waals surface area contributed by atoms with Gasteiger partial charge < -0.3 is 20.4 Å². The van der Waals surface area contributed by atoms with Crippen LogP contribution in [0.1, 0.15) is 18.1 Å². The zero-order valence-electron chi connectivity index (χ0n) is 10.6. The molecule has 0 saturated carbocycles. The molecule has 4 nitrogen and oxygen atoms in total. The van der Waals surface area contributed by atoms with E-state index in [0.717, 1.165) is 32.7 Å². The molecule has 1 aliphatic rings. The number of phenols is 1. The summed E-state index contributed by atoms with van der Waals surface area (Å²) in [5.41, 5.74) is 0.642. The van der Waals surface area contributed by atoms with Crippen LogP contribution in [0.5, 0.6) is 5.75 Å². The van der Waals surface area contributed by atoms with Crippen LogP contribution in [0.15, 0.2) is 12.1 Å². The number of nitrogens with zero attached hydrogens (tertiary/aromatic N) is 1. The molecule has 1 aromatic carbocycles. The molecular formula is C13H18Cl2N2O2. The van der Waals surface area contributed by atoms with E-state index in [1.165, 1.54) is 0 Å². The lowest BCUT2D eigenvalue weighted by molar-refractivity contribution is 0.136. The zero-order valence-corrected chi connectivity index (χ0v) is 12.1. The lowest BCUT2D eigenvalue weighted by atomic mass is 10.1. The van der Waals surface area contributed by atoms with Gasteiger partial charge >= 0.3 is 0 Å². The number of rotatable bonds is 4. The molecule has 1 aliphatic heterocycles. The Morgan fingerprint density at radius 1 is 1.21 bits per heavy atom. The van der Waals surface area contributed by atoms with Gasteiger partial charge in [-0.25, -0.2) is 0 Å². The van der Waals surface area contributed by atoms with E-state index in [-0.39, 0.29) is 15.8 Å². The molecule has 1 saturated heterocycles. The molecule has 1 heterocycles. The van der Waals surface area contributed by atoms with Crippen LogP contribution in [0.25, 0.3) is 0 Å². The third-order valence-electron chi connectivity index (χ3n) is 3.35. The van der Waals surface area contributed by atoms with E-state index in [2.05, 4.69) is 10.2 Å². The largest absolute Gasteiger partial charge is 0.505 e. The molecule has 0 aromatic heterocycles. The Morgan fingerprint density at radius 2 is 1.79 bits per heavy atom. The summed E-state index contributed by atoms with van der Waals surface area (Å²) in [7, 11) is 0. The highest BCUT2D eigenvalue weighted by atomic mass is 35.5. The molecule has 19 heavy (non-hydrogen) atoms. The zero-order chi connectivity index (χ0) is 13.8. The van der Waals surface area contributed by atoms with Gasteiger partial charge in [0.2, 0.25) is 0 Å². The minimum Gasteiger partial charge on any atom is -0.505 e. The molecule has 0 radical (unpaired) electrons. The van der Waals surface area contributed by atoms with Crippen molar-refractivity contribution >= 4 is 23.2 Å². The van der Waals surface area contributed by atoms with Gasteiger partial charge in [0.05, 0.1) is 16.1 Å². The van der Waals surface area contributed by atoms with Crippen molar-refractivity contribution in [1.29, 1.82) is 0 Å². The maximum atomic E-state index is 10.1. The van der Waals surface area contributed by atoms with E-state index < -0.39 is 6.10 Å². The Kier molecular flexibility index (Phi) is 5.30. The highest BCUT2D eigenvalue weighted by Gasteiger charge is 2.15. The van der Waals surface area contributed by atoms with Gasteiger partial charge in [-0.05, 0) is 24.1 Å². The summed E-state index contributed by atoms with van der Waals surface area (Å²) in [6.45, 7) is 4.83. The van der Waals surface area contributed by atoms with Crippen molar-refractivity contribution in [3.63, 3.8) is 0 Å². The van der Waals surface area contributed by atoms with Gasteiger partial charge in [0.1, 0.15) is 0 Å². The van der Waals surface area contributed by atoms with Crippen LogP contribution in [0.3, 0.4) is 0 Å². The first-order valence-corrected chi connectivity index (χ1v) is 7.12. The maximum Gasteiger partial charge on any atom is 0.152 e. The van der Waals surface area contributed by atoms with E-state index in [9.17, 15) is 10.2 Å². The average Bonchev–Trinajstić information content (AvgIpc) is 2.42. The molecule has 1 unspecified atom stereocenters. The Hall–Kier alpha value is -0.520. The minimum absolute atomic E-state index is 0.138. The van der Waals surface area contributed by atoms with Crippen LogP contribution >= 0.6 is 23.2 Å². The molecule has 1 atom stereocenters. The molecule has 106 valence electrons. The number of aliphatic hydroxyl groups is 1. The van der Waals surface area contributed by atoms with Gasteiger partial charge in [0.25, 0.3) is 0 Å². The summed E-state index contributed by atoms with van der Waals surface area (Å²) >= 11 is 11.7. The van der Waals surface area contributed by atoms with Gasteiger partial charge in [-0.15, -0.1) is 0 Å². The first kappa shape index (κ1) is 14.9. The van der Waals surface area contributed by atoms with Crippen LogP contribution in [0.2, 0.25) is 10.0 Å². The second-order valence-electron chi connectivity index (χ2n) is 4.73. The van der Waals surface area contributed by atoms with Gasteiger partial charge in [0, 0.05) is 32.7 Å². The Bertz CT molecular complexity index is 414. The third kappa shape index (κ3) is 3.97. The molecule has 3 N–H and O–H groups in total. The summed E-state index contributed by atoms with van der Waals surface area (Å²) in [4.78, 5) is 2.31. The van der Waals surface area contributed by atoms with E-state index in [4.69, 9.17) is 23.2 Å². The number of hydrogen-bond donors (Lipinski definition) is 3. The number of aromatic hydroxyl groups is 1. The predicted molar refractivity (Wildman–Crippen MR) is 77.0 cm³/mol. The topological polar surface area (TPSA) is 55.7 Å². The van der Waals surface area contributed by atoms with E-state index in [0.29, 0.717) is 12.0 Å². The summed E-state index contributed by atoms with van der Waals surface area (Å²) in [6.07, 6.45) is 0.00253. The molecule has 6 heteroatoms. The normalized spacial score (nSPS) is 18.5.